The number of hydrogen-bond donors (Lipinski definition) is 1. The average Bonchev–Trinajstić information content (AvgIpc) is 2.97. The minimum absolute atomic E-state index is 0.210. The first-order valence-corrected chi connectivity index (χ1v) is 6.52. The standard InChI is InChI=1S/C13H18ClN3O/c1-3-9(2)17-7-6-10(16-17)8-11(15)12-4-5-13(14)18-12/h4-7,9,11H,3,8,15H2,1-2H3. The fourth-order valence-corrected chi connectivity index (χ4v) is 1.92. The number of halogens is 1. The first kappa shape index (κ1) is 13.2. The highest BCUT2D eigenvalue weighted by molar-refractivity contribution is 6.28. The number of furan rings is 1. The van der Waals surface area contributed by atoms with Crippen LogP contribution in [0.5, 0.6) is 0 Å². The van der Waals surface area contributed by atoms with E-state index < -0.39 is 0 Å². The summed E-state index contributed by atoms with van der Waals surface area (Å²) in [6.45, 7) is 4.28. The quantitative estimate of drug-likeness (QED) is 0.904. The fraction of sp³-hybridized carbons (Fsp3) is 0.462. The molecule has 0 saturated heterocycles. The summed E-state index contributed by atoms with van der Waals surface area (Å²) in [5.74, 6) is 0.693. The molecule has 2 aromatic rings. The van der Waals surface area contributed by atoms with Crippen molar-refractivity contribution in [3.8, 4) is 0 Å². The molecule has 0 aromatic carbocycles. The van der Waals surface area contributed by atoms with E-state index in [4.69, 9.17) is 21.8 Å². The molecule has 18 heavy (non-hydrogen) atoms. The van der Waals surface area contributed by atoms with Crippen LogP contribution in [0, 0.1) is 0 Å². The van der Waals surface area contributed by atoms with Gasteiger partial charge in [-0.3, -0.25) is 4.68 Å². The lowest BCUT2D eigenvalue weighted by atomic mass is 10.1. The monoisotopic (exact) mass is 267 g/mol. The third kappa shape index (κ3) is 2.94. The Morgan fingerprint density at radius 1 is 1.44 bits per heavy atom. The molecule has 2 aromatic heterocycles. The minimum atomic E-state index is -0.210. The van der Waals surface area contributed by atoms with Crippen molar-refractivity contribution < 1.29 is 4.42 Å². The Morgan fingerprint density at radius 2 is 2.22 bits per heavy atom. The Balaban J connectivity index is 2.03. The Kier molecular flexibility index (Phi) is 4.09. The first-order chi connectivity index (χ1) is 8.60. The average molecular weight is 268 g/mol. The Hall–Kier alpha value is -1.26. The normalized spacial score (nSPS) is 14.7. The van der Waals surface area contributed by atoms with Crippen molar-refractivity contribution in [2.75, 3.05) is 0 Å². The molecule has 0 bridgehead atoms. The molecule has 0 amide bonds. The van der Waals surface area contributed by atoms with Crippen LogP contribution in [-0.2, 0) is 6.42 Å². The molecule has 0 spiro atoms. The molecule has 2 rings (SSSR count). The van der Waals surface area contributed by atoms with Gasteiger partial charge in [0, 0.05) is 18.7 Å². The lowest BCUT2D eigenvalue weighted by Gasteiger charge is -2.09. The number of rotatable bonds is 5. The number of hydrogen-bond acceptors (Lipinski definition) is 3. The van der Waals surface area contributed by atoms with Gasteiger partial charge >= 0.3 is 0 Å². The van der Waals surface area contributed by atoms with Gasteiger partial charge in [0.2, 0.25) is 0 Å². The predicted octanol–water partition coefficient (Wildman–Crippen LogP) is 3.34. The van der Waals surface area contributed by atoms with Crippen LogP contribution >= 0.6 is 11.6 Å². The molecule has 0 radical (unpaired) electrons. The second-order valence-corrected chi connectivity index (χ2v) is 4.87. The summed E-state index contributed by atoms with van der Waals surface area (Å²) in [4.78, 5) is 0. The highest BCUT2D eigenvalue weighted by Crippen LogP contribution is 2.21. The molecule has 2 N–H and O–H groups in total. The van der Waals surface area contributed by atoms with Crippen LogP contribution in [0.3, 0.4) is 0 Å². The van der Waals surface area contributed by atoms with Crippen LogP contribution in [0.4, 0.5) is 0 Å². The van der Waals surface area contributed by atoms with E-state index in [9.17, 15) is 0 Å². The Morgan fingerprint density at radius 3 is 2.83 bits per heavy atom. The van der Waals surface area contributed by atoms with Crippen LogP contribution < -0.4 is 5.73 Å². The molecule has 0 aliphatic carbocycles. The topological polar surface area (TPSA) is 57.0 Å². The van der Waals surface area contributed by atoms with Gasteiger partial charge in [-0.05, 0) is 43.1 Å². The molecule has 2 unspecified atom stereocenters. The van der Waals surface area contributed by atoms with E-state index in [1.54, 1.807) is 12.1 Å². The van der Waals surface area contributed by atoms with E-state index in [1.807, 2.05) is 16.9 Å². The zero-order chi connectivity index (χ0) is 13.1. The van der Waals surface area contributed by atoms with Crippen molar-refractivity contribution in [2.45, 2.75) is 38.8 Å². The van der Waals surface area contributed by atoms with Crippen LogP contribution in [-0.4, -0.2) is 9.78 Å². The number of nitrogens with two attached hydrogens (primary N) is 1. The predicted molar refractivity (Wildman–Crippen MR) is 71.6 cm³/mol. The van der Waals surface area contributed by atoms with E-state index >= 15 is 0 Å². The summed E-state index contributed by atoms with van der Waals surface area (Å²) in [5.41, 5.74) is 7.02. The van der Waals surface area contributed by atoms with Crippen molar-refractivity contribution >= 4 is 11.6 Å². The van der Waals surface area contributed by atoms with Crippen LogP contribution in [0.1, 0.15) is 43.8 Å². The largest absolute Gasteiger partial charge is 0.448 e. The maximum Gasteiger partial charge on any atom is 0.193 e. The summed E-state index contributed by atoms with van der Waals surface area (Å²) < 4.78 is 7.27. The molecule has 0 fully saturated rings. The molecule has 5 heteroatoms. The second-order valence-electron chi connectivity index (χ2n) is 4.50. The minimum Gasteiger partial charge on any atom is -0.448 e. The molecule has 98 valence electrons. The van der Waals surface area contributed by atoms with Crippen molar-refractivity contribution in [3.63, 3.8) is 0 Å². The lowest BCUT2D eigenvalue weighted by molar-refractivity contribution is 0.453. The first-order valence-electron chi connectivity index (χ1n) is 6.15. The van der Waals surface area contributed by atoms with Crippen molar-refractivity contribution in [1.29, 1.82) is 0 Å². The lowest BCUT2D eigenvalue weighted by Crippen LogP contribution is -2.13. The van der Waals surface area contributed by atoms with Gasteiger partial charge in [0.05, 0.1) is 11.7 Å². The van der Waals surface area contributed by atoms with Crippen LogP contribution in [0.2, 0.25) is 5.22 Å². The summed E-state index contributed by atoms with van der Waals surface area (Å²) in [5, 5.41) is 4.88. The Labute approximate surface area is 112 Å². The van der Waals surface area contributed by atoms with Gasteiger partial charge in [-0.25, -0.2) is 0 Å². The van der Waals surface area contributed by atoms with E-state index in [-0.39, 0.29) is 6.04 Å². The van der Waals surface area contributed by atoms with Gasteiger partial charge in [0.15, 0.2) is 5.22 Å². The molecule has 4 nitrogen and oxygen atoms in total. The second kappa shape index (κ2) is 5.59. The highest BCUT2D eigenvalue weighted by Gasteiger charge is 2.13. The van der Waals surface area contributed by atoms with E-state index in [0.29, 0.717) is 23.4 Å². The molecule has 0 aliphatic heterocycles. The number of aromatic nitrogens is 2. The molecular weight excluding hydrogens is 250 g/mol. The van der Waals surface area contributed by atoms with Crippen molar-refractivity contribution in [1.82, 2.24) is 9.78 Å². The van der Waals surface area contributed by atoms with Gasteiger partial charge in [0.25, 0.3) is 0 Å². The van der Waals surface area contributed by atoms with Gasteiger partial charge < -0.3 is 10.2 Å². The maximum atomic E-state index is 6.06. The summed E-state index contributed by atoms with van der Waals surface area (Å²) in [7, 11) is 0. The summed E-state index contributed by atoms with van der Waals surface area (Å²) in [6, 6.07) is 5.70. The molecule has 0 aliphatic rings. The smallest absolute Gasteiger partial charge is 0.193 e. The van der Waals surface area contributed by atoms with Crippen molar-refractivity contribution in [2.24, 2.45) is 5.73 Å². The zero-order valence-corrected chi connectivity index (χ0v) is 11.4. The highest BCUT2D eigenvalue weighted by atomic mass is 35.5. The van der Waals surface area contributed by atoms with E-state index in [0.717, 1.165) is 12.1 Å². The summed E-state index contributed by atoms with van der Waals surface area (Å²) >= 11 is 5.73. The van der Waals surface area contributed by atoms with Gasteiger partial charge in [0.1, 0.15) is 5.76 Å². The zero-order valence-electron chi connectivity index (χ0n) is 10.6. The molecule has 2 heterocycles. The molecular formula is C13H18ClN3O. The van der Waals surface area contributed by atoms with E-state index in [1.165, 1.54) is 0 Å². The third-order valence-corrected chi connectivity index (χ3v) is 3.30. The maximum absolute atomic E-state index is 6.06. The number of nitrogens with zero attached hydrogens (tertiary/aromatic N) is 2. The Bertz CT molecular complexity index is 506. The van der Waals surface area contributed by atoms with Gasteiger partial charge in [-0.2, -0.15) is 5.10 Å². The van der Waals surface area contributed by atoms with E-state index in [2.05, 4.69) is 18.9 Å². The van der Waals surface area contributed by atoms with Crippen LogP contribution in [0.15, 0.2) is 28.8 Å². The van der Waals surface area contributed by atoms with Gasteiger partial charge in [-0.1, -0.05) is 6.92 Å². The SMILES string of the molecule is CCC(C)n1ccc(CC(N)c2ccc(Cl)o2)n1. The molecule has 2 atom stereocenters. The van der Waals surface area contributed by atoms with Gasteiger partial charge in [-0.15, -0.1) is 0 Å². The van der Waals surface area contributed by atoms with Crippen LogP contribution in [0.25, 0.3) is 0 Å². The third-order valence-electron chi connectivity index (χ3n) is 3.09. The molecule has 0 saturated carbocycles. The summed E-state index contributed by atoms with van der Waals surface area (Å²) in [6.07, 6.45) is 3.69. The fourth-order valence-electron chi connectivity index (χ4n) is 1.77. The van der Waals surface area contributed by atoms with Crippen molar-refractivity contribution in [3.05, 3.63) is 41.1 Å².